The van der Waals surface area contributed by atoms with E-state index in [1.54, 1.807) is 36.3 Å². The maximum absolute atomic E-state index is 13.3. The second-order valence-corrected chi connectivity index (χ2v) is 12.3. The summed E-state index contributed by atoms with van der Waals surface area (Å²) in [4.78, 5) is 48.6. The quantitative estimate of drug-likeness (QED) is 0.306. The maximum Gasteiger partial charge on any atom is 0.408 e. The van der Waals surface area contributed by atoms with Gasteiger partial charge >= 0.3 is 6.09 Å². The molecule has 13 heteroatoms. The van der Waals surface area contributed by atoms with Crippen LogP contribution in [0.1, 0.15) is 80.8 Å². The number of ether oxygens (including phenoxy) is 1. The van der Waals surface area contributed by atoms with Crippen molar-refractivity contribution < 1.29 is 19.1 Å². The summed E-state index contributed by atoms with van der Waals surface area (Å²) in [5, 5.41) is 13.3. The van der Waals surface area contributed by atoms with Crippen LogP contribution >= 0.6 is 0 Å². The highest BCUT2D eigenvalue weighted by atomic mass is 16.6. The van der Waals surface area contributed by atoms with Gasteiger partial charge in [-0.2, -0.15) is 5.10 Å². The summed E-state index contributed by atoms with van der Waals surface area (Å²) >= 11 is 0. The van der Waals surface area contributed by atoms with E-state index in [4.69, 9.17) is 10.5 Å². The molecule has 0 radical (unpaired) electrons. The van der Waals surface area contributed by atoms with E-state index >= 15 is 0 Å². The van der Waals surface area contributed by atoms with E-state index in [-0.39, 0.29) is 29.5 Å². The smallest absolute Gasteiger partial charge is 0.408 e. The highest BCUT2D eigenvalue weighted by Crippen LogP contribution is 2.27. The molecule has 0 aliphatic carbocycles. The molecular formula is C30H41N9O4. The highest BCUT2D eigenvalue weighted by molar-refractivity contribution is 5.96. The Hall–Kier alpha value is -4.68. The molecule has 0 spiro atoms. The number of primary amides is 1. The van der Waals surface area contributed by atoms with Crippen molar-refractivity contribution >= 4 is 35.2 Å². The number of anilines is 3. The third-order valence-electron chi connectivity index (χ3n) is 7.24. The molecule has 1 aliphatic heterocycles. The van der Waals surface area contributed by atoms with Gasteiger partial charge in [-0.15, -0.1) is 0 Å². The van der Waals surface area contributed by atoms with Crippen LogP contribution in [-0.4, -0.2) is 61.9 Å². The zero-order chi connectivity index (χ0) is 31.5. The molecule has 1 fully saturated rings. The van der Waals surface area contributed by atoms with Crippen molar-refractivity contribution in [3.05, 3.63) is 59.7 Å². The Kier molecular flexibility index (Phi) is 8.93. The third kappa shape index (κ3) is 7.79. The van der Waals surface area contributed by atoms with Gasteiger partial charge in [0.2, 0.25) is 0 Å². The number of aromatic nitrogens is 4. The number of carbonyl (C=O) groups excluding carboxylic acids is 3. The van der Waals surface area contributed by atoms with E-state index in [9.17, 15) is 14.4 Å². The van der Waals surface area contributed by atoms with Crippen molar-refractivity contribution in [2.24, 2.45) is 12.8 Å². The number of amides is 3. The second-order valence-electron chi connectivity index (χ2n) is 12.3. The molecule has 5 N–H and O–H groups in total. The fourth-order valence-corrected chi connectivity index (χ4v) is 4.99. The fourth-order valence-electron chi connectivity index (χ4n) is 4.99. The molecule has 3 heterocycles. The summed E-state index contributed by atoms with van der Waals surface area (Å²) in [6.07, 6.45) is 5.99. The Bertz CT molecular complexity index is 1480. The summed E-state index contributed by atoms with van der Waals surface area (Å²) in [6.45, 7) is 11.9. The molecule has 0 bridgehead atoms. The third-order valence-corrected chi connectivity index (χ3v) is 7.24. The van der Waals surface area contributed by atoms with Gasteiger partial charge in [0.1, 0.15) is 11.4 Å². The standard InChI is InChI=1S/C30H41N9O4/c1-18-22(35-27(41)19-10-12-20(13-11-19)30(5,6)37-28(42)43-29(2,3)4)9-8-14-39(18)23-16-32-24(25(31)40)26(36-23)34-21-15-33-38(7)17-21/h10-13,15-18,22H,8-9,14H2,1-7H3,(H2,31,40)(H,34,36)(H,35,41)(H,37,42)/t18-,22-/m1/s1. The lowest BCUT2D eigenvalue weighted by Gasteiger charge is -2.40. The molecule has 1 aliphatic rings. The van der Waals surface area contributed by atoms with Gasteiger partial charge < -0.3 is 31.3 Å². The molecule has 2 atom stereocenters. The predicted molar refractivity (Wildman–Crippen MR) is 163 cm³/mol. The number of nitrogens with two attached hydrogens (primary N) is 1. The molecule has 2 aromatic heterocycles. The molecule has 43 heavy (non-hydrogen) atoms. The Morgan fingerprint density at radius 3 is 2.37 bits per heavy atom. The molecule has 3 aromatic rings. The summed E-state index contributed by atoms with van der Waals surface area (Å²) in [5.74, 6) is -0.0954. The van der Waals surface area contributed by atoms with Crippen LogP contribution in [-0.2, 0) is 17.3 Å². The van der Waals surface area contributed by atoms with Crippen molar-refractivity contribution in [3.63, 3.8) is 0 Å². The van der Waals surface area contributed by atoms with Crippen LogP contribution in [0.4, 0.5) is 22.1 Å². The number of rotatable bonds is 8. The molecule has 4 rings (SSSR count). The lowest BCUT2D eigenvalue weighted by Crippen LogP contribution is -2.54. The Morgan fingerprint density at radius 1 is 1.07 bits per heavy atom. The largest absolute Gasteiger partial charge is 0.444 e. The molecule has 230 valence electrons. The normalized spacial score (nSPS) is 17.2. The van der Waals surface area contributed by atoms with Gasteiger partial charge in [-0.1, -0.05) is 12.1 Å². The van der Waals surface area contributed by atoms with E-state index in [1.807, 2.05) is 53.7 Å². The van der Waals surface area contributed by atoms with Crippen LogP contribution in [0.2, 0.25) is 0 Å². The summed E-state index contributed by atoms with van der Waals surface area (Å²) in [7, 11) is 1.78. The number of hydrogen-bond acceptors (Lipinski definition) is 9. The monoisotopic (exact) mass is 591 g/mol. The highest BCUT2D eigenvalue weighted by Gasteiger charge is 2.32. The average molecular weight is 592 g/mol. The van der Waals surface area contributed by atoms with Crippen LogP contribution in [0.15, 0.2) is 42.9 Å². The van der Waals surface area contributed by atoms with E-state index in [1.165, 1.54) is 6.20 Å². The Labute approximate surface area is 251 Å². The lowest BCUT2D eigenvalue weighted by molar-refractivity contribution is 0.0470. The molecule has 3 amide bonds. The van der Waals surface area contributed by atoms with Crippen LogP contribution in [0.3, 0.4) is 0 Å². The van der Waals surface area contributed by atoms with E-state index in [0.717, 1.165) is 18.4 Å². The number of nitrogens with zero attached hydrogens (tertiary/aromatic N) is 5. The van der Waals surface area contributed by atoms with Crippen molar-refractivity contribution in [3.8, 4) is 0 Å². The van der Waals surface area contributed by atoms with Crippen LogP contribution in [0, 0.1) is 0 Å². The summed E-state index contributed by atoms with van der Waals surface area (Å²) in [6, 6.07) is 6.90. The van der Waals surface area contributed by atoms with Crippen LogP contribution in [0.25, 0.3) is 0 Å². The van der Waals surface area contributed by atoms with E-state index in [2.05, 4.69) is 35.9 Å². The Balaban J connectivity index is 1.44. The minimum Gasteiger partial charge on any atom is -0.444 e. The minimum absolute atomic E-state index is 0.0232. The molecule has 1 aromatic carbocycles. The SMILES string of the molecule is C[C@@H]1[C@H](NC(=O)c2ccc(C(C)(C)NC(=O)OC(C)(C)C)cc2)CCCN1c1cnc(C(N)=O)c(Nc2cnn(C)c2)n1. The lowest BCUT2D eigenvalue weighted by atomic mass is 9.93. The van der Waals surface area contributed by atoms with Gasteiger partial charge in [0.05, 0.1) is 23.6 Å². The van der Waals surface area contributed by atoms with Crippen molar-refractivity contribution in [1.29, 1.82) is 0 Å². The molecule has 0 unspecified atom stereocenters. The van der Waals surface area contributed by atoms with Gasteiger partial charge in [-0.3, -0.25) is 14.3 Å². The van der Waals surface area contributed by atoms with Gasteiger partial charge in [0.25, 0.3) is 11.8 Å². The van der Waals surface area contributed by atoms with Crippen molar-refractivity contribution in [2.45, 2.75) is 77.6 Å². The Morgan fingerprint density at radius 2 is 1.77 bits per heavy atom. The van der Waals surface area contributed by atoms with Gasteiger partial charge in [-0.05, 0) is 72.1 Å². The number of piperidine rings is 1. The number of aryl methyl sites for hydroxylation is 1. The maximum atomic E-state index is 13.3. The van der Waals surface area contributed by atoms with Gasteiger partial charge in [-0.25, -0.2) is 14.8 Å². The number of hydrogen-bond donors (Lipinski definition) is 4. The summed E-state index contributed by atoms with van der Waals surface area (Å²) < 4.78 is 7.01. The topological polar surface area (TPSA) is 169 Å². The first-order valence-electron chi connectivity index (χ1n) is 14.2. The van der Waals surface area contributed by atoms with Crippen LogP contribution < -0.4 is 26.6 Å². The molecule has 1 saturated heterocycles. The number of carbonyl (C=O) groups is 3. The first kappa shape index (κ1) is 31.3. The average Bonchev–Trinajstić information content (AvgIpc) is 3.32. The van der Waals surface area contributed by atoms with Gasteiger partial charge in [0.15, 0.2) is 11.5 Å². The first-order valence-corrected chi connectivity index (χ1v) is 14.2. The predicted octanol–water partition coefficient (Wildman–Crippen LogP) is 3.60. The molecular weight excluding hydrogens is 550 g/mol. The van der Waals surface area contributed by atoms with Crippen molar-refractivity contribution in [1.82, 2.24) is 30.4 Å². The summed E-state index contributed by atoms with van der Waals surface area (Å²) in [5.41, 5.74) is 6.25. The number of benzene rings is 1. The number of alkyl carbamates (subject to hydrolysis) is 1. The van der Waals surface area contributed by atoms with Crippen molar-refractivity contribution in [2.75, 3.05) is 16.8 Å². The van der Waals surface area contributed by atoms with Crippen LogP contribution in [0.5, 0.6) is 0 Å². The van der Waals surface area contributed by atoms with E-state index in [0.29, 0.717) is 23.6 Å². The second kappa shape index (κ2) is 12.3. The molecule has 0 saturated carbocycles. The zero-order valence-electron chi connectivity index (χ0n) is 25.8. The van der Waals surface area contributed by atoms with Gasteiger partial charge in [0, 0.05) is 37.4 Å². The molecule has 13 nitrogen and oxygen atoms in total. The van der Waals surface area contributed by atoms with E-state index < -0.39 is 23.1 Å². The fraction of sp³-hybridized carbons (Fsp3) is 0.467. The number of nitrogens with one attached hydrogen (secondary N) is 3. The first-order chi connectivity index (χ1) is 20.1. The minimum atomic E-state index is -0.703. The zero-order valence-corrected chi connectivity index (χ0v) is 25.8.